The summed E-state index contributed by atoms with van der Waals surface area (Å²) in [5.41, 5.74) is 0.887. The predicted molar refractivity (Wildman–Crippen MR) is 97.7 cm³/mol. The van der Waals surface area contributed by atoms with Gasteiger partial charge in [0.05, 0.1) is 39.2 Å². The minimum absolute atomic E-state index is 0.0534. The van der Waals surface area contributed by atoms with Crippen LogP contribution >= 0.6 is 0 Å². The Morgan fingerprint density at radius 2 is 2.11 bits per heavy atom. The molecule has 2 aliphatic rings. The zero-order valence-corrected chi connectivity index (χ0v) is 15.4. The summed E-state index contributed by atoms with van der Waals surface area (Å²) in [6.07, 6.45) is 1.51. The second-order valence-corrected chi connectivity index (χ2v) is 6.91. The molecular formula is C19H21N5O4. The van der Waals surface area contributed by atoms with E-state index in [0.717, 1.165) is 17.1 Å². The number of hydrogen-bond donors (Lipinski definition) is 1. The summed E-state index contributed by atoms with van der Waals surface area (Å²) in [6.45, 7) is 1.71. The molecule has 146 valence electrons. The number of tetrazole rings is 1. The van der Waals surface area contributed by atoms with Crippen molar-refractivity contribution >= 4 is 0 Å². The van der Waals surface area contributed by atoms with E-state index >= 15 is 0 Å². The Labute approximate surface area is 161 Å². The van der Waals surface area contributed by atoms with Gasteiger partial charge in [-0.05, 0) is 34.7 Å². The highest BCUT2D eigenvalue weighted by Crippen LogP contribution is 2.36. The molecule has 0 spiro atoms. The van der Waals surface area contributed by atoms with E-state index in [-0.39, 0.29) is 24.3 Å². The van der Waals surface area contributed by atoms with Crippen LogP contribution in [0.2, 0.25) is 0 Å². The molecule has 2 fully saturated rings. The second kappa shape index (κ2) is 7.34. The topological polar surface area (TPSA) is 96.5 Å². The fraction of sp³-hybridized carbons (Fsp3) is 0.421. The van der Waals surface area contributed by atoms with Crippen molar-refractivity contribution in [2.45, 2.75) is 30.8 Å². The first kappa shape index (κ1) is 17.4. The van der Waals surface area contributed by atoms with E-state index in [9.17, 15) is 0 Å². The highest BCUT2D eigenvalue weighted by Gasteiger charge is 2.49. The van der Waals surface area contributed by atoms with Gasteiger partial charge in [0.1, 0.15) is 29.8 Å². The number of aromatic nitrogens is 4. The SMILES string of the molecule is COc1cccc(-c2nnnn2C2COC3C(NCc4ccco4)COC32)c1. The first-order valence-corrected chi connectivity index (χ1v) is 9.25. The minimum Gasteiger partial charge on any atom is -0.497 e. The van der Waals surface area contributed by atoms with Crippen LogP contribution in [0.3, 0.4) is 0 Å². The molecule has 2 aromatic heterocycles. The number of rotatable bonds is 6. The Morgan fingerprint density at radius 3 is 2.96 bits per heavy atom. The first-order chi connectivity index (χ1) is 13.8. The Hall–Kier alpha value is -2.75. The van der Waals surface area contributed by atoms with Crippen LogP contribution in [-0.2, 0) is 16.0 Å². The zero-order chi connectivity index (χ0) is 18.9. The molecule has 4 unspecified atom stereocenters. The van der Waals surface area contributed by atoms with Crippen molar-refractivity contribution in [1.82, 2.24) is 25.5 Å². The summed E-state index contributed by atoms with van der Waals surface area (Å²) in [7, 11) is 1.64. The van der Waals surface area contributed by atoms with Crippen LogP contribution in [0.25, 0.3) is 11.4 Å². The number of ether oxygens (including phenoxy) is 3. The maximum absolute atomic E-state index is 6.07. The quantitative estimate of drug-likeness (QED) is 0.683. The molecule has 4 heterocycles. The van der Waals surface area contributed by atoms with Gasteiger partial charge in [-0.1, -0.05) is 12.1 Å². The molecule has 9 heteroatoms. The number of methoxy groups -OCH3 is 1. The molecular weight excluding hydrogens is 362 g/mol. The lowest BCUT2D eigenvalue weighted by Crippen LogP contribution is -2.40. The van der Waals surface area contributed by atoms with Crippen molar-refractivity contribution < 1.29 is 18.6 Å². The monoisotopic (exact) mass is 383 g/mol. The maximum Gasteiger partial charge on any atom is 0.182 e. The highest BCUT2D eigenvalue weighted by molar-refractivity contribution is 5.57. The molecule has 0 aliphatic carbocycles. The summed E-state index contributed by atoms with van der Waals surface area (Å²) < 4.78 is 24.6. The summed E-state index contributed by atoms with van der Waals surface area (Å²) in [6, 6.07) is 11.5. The van der Waals surface area contributed by atoms with Crippen LogP contribution in [0.1, 0.15) is 11.8 Å². The summed E-state index contributed by atoms with van der Waals surface area (Å²) in [5.74, 6) is 2.31. The number of benzene rings is 1. The number of furan rings is 1. The normalized spacial score (nSPS) is 26.5. The molecule has 1 N–H and O–H groups in total. The van der Waals surface area contributed by atoms with Crippen molar-refractivity contribution in [2.75, 3.05) is 20.3 Å². The third-order valence-corrected chi connectivity index (χ3v) is 5.28. The van der Waals surface area contributed by atoms with Gasteiger partial charge in [0.15, 0.2) is 5.82 Å². The standard InChI is InChI=1S/C19H21N5O4/c1-25-13-5-2-4-12(8-13)19-21-22-23-24(19)16-11-28-17-15(10-27-18(16)17)20-9-14-6-3-7-26-14/h2-8,15-18,20H,9-11H2,1H3. The lowest BCUT2D eigenvalue weighted by molar-refractivity contribution is 0.0621. The molecule has 0 radical (unpaired) electrons. The van der Waals surface area contributed by atoms with Gasteiger partial charge in [0.25, 0.3) is 0 Å². The van der Waals surface area contributed by atoms with E-state index in [0.29, 0.717) is 25.6 Å². The molecule has 0 saturated carbocycles. The van der Waals surface area contributed by atoms with Crippen LogP contribution in [0.5, 0.6) is 5.75 Å². The molecule has 2 saturated heterocycles. The number of hydrogen-bond acceptors (Lipinski definition) is 8. The second-order valence-electron chi connectivity index (χ2n) is 6.91. The van der Waals surface area contributed by atoms with E-state index in [1.807, 2.05) is 36.4 Å². The van der Waals surface area contributed by atoms with E-state index in [2.05, 4.69) is 20.8 Å². The fourth-order valence-corrected chi connectivity index (χ4v) is 3.88. The lowest BCUT2D eigenvalue weighted by Gasteiger charge is -2.18. The van der Waals surface area contributed by atoms with Crippen LogP contribution in [-0.4, -0.2) is 58.8 Å². The zero-order valence-electron chi connectivity index (χ0n) is 15.4. The molecule has 0 amide bonds. The van der Waals surface area contributed by atoms with Gasteiger partial charge in [-0.25, -0.2) is 4.68 Å². The molecule has 9 nitrogen and oxygen atoms in total. The van der Waals surface area contributed by atoms with Crippen LogP contribution in [0, 0.1) is 0 Å². The minimum atomic E-state index is -0.109. The van der Waals surface area contributed by atoms with E-state index in [4.69, 9.17) is 18.6 Å². The smallest absolute Gasteiger partial charge is 0.182 e. The van der Waals surface area contributed by atoms with Crippen LogP contribution in [0.4, 0.5) is 0 Å². The molecule has 1 aromatic carbocycles. The van der Waals surface area contributed by atoms with Gasteiger partial charge in [0.2, 0.25) is 0 Å². The van der Waals surface area contributed by atoms with E-state index < -0.39 is 0 Å². The van der Waals surface area contributed by atoms with E-state index in [1.165, 1.54) is 0 Å². The number of fused-ring (bicyclic) bond motifs is 1. The third-order valence-electron chi connectivity index (χ3n) is 5.28. The molecule has 0 bridgehead atoms. The van der Waals surface area contributed by atoms with Crippen LogP contribution < -0.4 is 10.1 Å². The largest absolute Gasteiger partial charge is 0.497 e. The highest BCUT2D eigenvalue weighted by atomic mass is 16.6. The Bertz CT molecular complexity index is 928. The number of nitrogens with one attached hydrogen (secondary N) is 1. The van der Waals surface area contributed by atoms with Crippen molar-refractivity contribution in [3.63, 3.8) is 0 Å². The predicted octanol–water partition coefficient (Wildman–Crippen LogP) is 1.44. The van der Waals surface area contributed by atoms with Crippen molar-refractivity contribution in [3.8, 4) is 17.1 Å². The van der Waals surface area contributed by atoms with E-state index in [1.54, 1.807) is 18.1 Å². The average molecular weight is 383 g/mol. The Morgan fingerprint density at radius 1 is 1.18 bits per heavy atom. The maximum atomic E-state index is 6.07. The molecule has 28 heavy (non-hydrogen) atoms. The van der Waals surface area contributed by atoms with Gasteiger partial charge in [0, 0.05) is 5.56 Å². The molecule has 5 rings (SSSR count). The molecule has 2 aliphatic heterocycles. The molecule has 3 aromatic rings. The molecule has 4 atom stereocenters. The van der Waals surface area contributed by atoms with Crippen molar-refractivity contribution in [3.05, 3.63) is 48.4 Å². The first-order valence-electron chi connectivity index (χ1n) is 9.25. The fourth-order valence-electron chi connectivity index (χ4n) is 3.88. The lowest BCUT2D eigenvalue weighted by atomic mass is 10.1. The van der Waals surface area contributed by atoms with Gasteiger partial charge in [-0.3, -0.25) is 0 Å². The Kier molecular flexibility index (Phi) is 4.55. The van der Waals surface area contributed by atoms with Crippen molar-refractivity contribution in [2.24, 2.45) is 0 Å². The van der Waals surface area contributed by atoms with Gasteiger partial charge >= 0.3 is 0 Å². The Balaban J connectivity index is 1.33. The summed E-state index contributed by atoms with van der Waals surface area (Å²) in [4.78, 5) is 0. The van der Waals surface area contributed by atoms with Gasteiger partial charge in [-0.2, -0.15) is 0 Å². The van der Waals surface area contributed by atoms with Crippen molar-refractivity contribution in [1.29, 1.82) is 0 Å². The van der Waals surface area contributed by atoms with Gasteiger partial charge < -0.3 is 23.9 Å². The summed E-state index contributed by atoms with van der Waals surface area (Å²) >= 11 is 0. The van der Waals surface area contributed by atoms with Crippen LogP contribution in [0.15, 0.2) is 47.1 Å². The number of nitrogens with zero attached hydrogens (tertiary/aromatic N) is 4. The third kappa shape index (κ3) is 3.07. The summed E-state index contributed by atoms with van der Waals surface area (Å²) in [5, 5.41) is 15.8. The van der Waals surface area contributed by atoms with Gasteiger partial charge in [-0.15, -0.1) is 5.10 Å². The average Bonchev–Trinajstić information content (AvgIpc) is 3.51.